The number of carbonyl (C=O) groups is 3. The number of nitrogens with zero attached hydrogens (tertiary/aromatic N) is 1. The Hall–Kier alpha value is -1.66. The highest BCUT2D eigenvalue weighted by Crippen LogP contribution is 2.65. The van der Waals surface area contributed by atoms with E-state index in [9.17, 15) is 14.4 Å². The Balaban J connectivity index is 1.33. The molecule has 6 rings (SSSR count). The van der Waals surface area contributed by atoms with Crippen molar-refractivity contribution in [1.82, 2.24) is 4.90 Å². The van der Waals surface area contributed by atoms with Crippen LogP contribution in [0.2, 0.25) is 5.02 Å². The summed E-state index contributed by atoms with van der Waals surface area (Å²) >= 11 is 9.54. The standard InChI is InChI=1S/C20H18BrClN2O3/c1-8-14(5-4-13(21)18(8)22)23-15(25)7-24-19(26)16-9-2-3-10(12-6-11(9)12)17(16)20(24)27/h2-5,9-12,16-17H,6-7H2,1H3,(H,23,25)/t9-,10-,11-,12-,16+,17+/m1/s1. The molecule has 2 saturated carbocycles. The van der Waals surface area contributed by atoms with Crippen molar-refractivity contribution in [2.45, 2.75) is 13.3 Å². The van der Waals surface area contributed by atoms with Gasteiger partial charge in [0.1, 0.15) is 6.54 Å². The number of hydrogen-bond acceptors (Lipinski definition) is 3. The minimum absolute atomic E-state index is 0.169. The van der Waals surface area contributed by atoms with Gasteiger partial charge in [-0.05, 0) is 70.6 Å². The Bertz CT molecular complexity index is 894. The van der Waals surface area contributed by atoms with Crippen molar-refractivity contribution in [2.75, 3.05) is 11.9 Å². The zero-order valence-corrected chi connectivity index (χ0v) is 17.0. The number of imide groups is 1. The van der Waals surface area contributed by atoms with Crippen molar-refractivity contribution in [3.05, 3.63) is 39.3 Å². The Kier molecular flexibility index (Phi) is 3.82. The number of carbonyl (C=O) groups excluding carboxylic acids is 3. The highest BCUT2D eigenvalue weighted by Gasteiger charge is 2.67. The SMILES string of the molecule is Cc1c(NC(=O)CN2C(=O)[C@H]3[C@@H]4C=C[C@H]([C@H]5C[C@H]45)[C@@H]3C2=O)ccc(Br)c1Cl. The molecule has 0 spiro atoms. The topological polar surface area (TPSA) is 66.5 Å². The van der Waals surface area contributed by atoms with Gasteiger partial charge in [0.15, 0.2) is 0 Å². The van der Waals surface area contributed by atoms with Gasteiger partial charge in [0.05, 0.1) is 16.9 Å². The molecule has 4 aliphatic carbocycles. The third kappa shape index (κ3) is 2.46. The Morgan fingerprint density at radius 2 is 1.78 bits per heavy atom. The molecular formula is C20H18BrClN2O3. The number of halogens is 2. The van der Waals surface area contributed by atoms with Crippen LogP contribution in [0, 0.1) is 42.4 Å². The van der Waals surface area contributed by atoms with Gasteiger partial charge in [0, 0.05) is 10.2 Å². The lowest BCUT2D eigenvalue weighted by atomic mass is 9.63. The number of benzene rings is 1. The summed E-state index contributed by atoms with van der Waals surface area (Å²) in [5, 5.41) is 3.30. The highest BCUT2D eigenvalue weighted by molar-refractivity contribution is 9.10. The van der Waals surface area contributed by atoms with E-state index in [0.717, 1.165) is 21.4 Å². The van der Waals surface area contributed by atoms with Gasteiger partial charge in [-0.25, -0.2) is 0 Å². The molecule has 6 atom stereocenters. The summed E-state index contributed by atoms with van der Waals surface area (Å²) in [6.45, 7) is 1.56. The first-order chi connectivity index (χ1) is 12.9. The van der Waals surface area contributed by atoms with Crippen LogP contribution in [0.5, 0.6) is 0 Å². The minimum atomic E-state index is -0.387. The van der Waals surface area contributed by atoms with Crippen LogP contribution in [0.4, 0.5) is 5.69 Å². The highest BCUT2D eigenvalue weighted by atomic mass is 79.9. The fourth-order valence-electron chi connectivity index (χ4n) is 5.30. The molecule has 3 fully saturated rings. The van der Waals surface area contributed by atoms with E-state index in [-0.39, 0.29) is 47.9 Å². The molecule has 140 valence electrons. The maximum Gasteiger partial charge on any atom is 0.244 e. The van der Waals surface area contributed by atoms with Crippen LogP contribution in [0.1, 0.15) is 12.0 Å². The molecule has 2 bridgehead atoms. The van der Waals surface area contributed by atoms with E-state index >= 15 is 0 Å². The number of rotatable bonds is 3. The summed E-state index contributed by atoms with van der Waals surface area (Å²) in [6.07, 6.45) is 5.38. The van der Waals surface area contributed by atoms with Gasteiger partial charge in [0.2, 0.25) is 17.7 Å². The van der Waals surface area contributed by atoms with Crippen molar-refractivity contribution in [2.24, 2.45) is 35.5 Å². The third-order valence-corrected chi connectivity index (χ3v) is 8.05. The molecule has 1 aromatic carbocycles. The number of allylic oxidation sites excluding steroid dienone is 2. The number of likely N-dealkylation sites (tertiary alicyclic amines) is 1. The smallest absolute Gasteiger partial charge is 0.244 e. The fraction of sp³-hybridized carbons (Fsp3) is 0.450. The minimum Gasteiger partial charge on any atom is -0.324 e. The first kappa shape index (κ1) is 17.4. The predicted molar refractivity (Wildman–Crippen MR) is 104 cm³/mol. The second-order valence-electron chi connectivity index (χ2n) is 8.00. The van der Waals surface area contributed by atoms with Crippen LogP contribution >= 0.6 is 27.5 Å². The fourth-order valence-corrected chi connectivity index (χ4v) is 5.89. The lowest BCUT2D eigenvalue weighted by molar-refractivity contribution is -0.142. The van der Waals surface area contributed by atoms with Gasteiger partial charge in [-0.3, -0.25) is 19.3 Å². The zero-order chi connectivity index (χ0) is 19.0. The Morgan fingerprint density at radius 1 is 1.19 bits per heavy atom. The second kappa shape index (κ2) is 5.92. The van der Waals surface area contributed by atoms with Crippen LogP contribution in [-0.2, 0) is 14.4 Å². The molecule has 3 amide bonds. The molecular weight excluding hydrogens is 432 g/mol. The van der Waals surface area contributed by atoms with E-state index < -0.39 is 0 Å². The molecule has 5 aliphatic rings. The third-order valence-electron chi connectivity index (χ3n) is 6.67. The summed E-state index contributed by atoms with van der Waals surface area (Å²) in [4.78, 5) is 39.5. The molecule has 0 unspecified atom stereocenters. The average Bonchev–Trinajstić information content (AvgIpc) is 3.43. The van der Waals surface area contributed by atoms with Gasteiger partial charge in [0.25, 0.3) is 0 Å². The Labute approximate surface area is 170 Å². The van der Waals surface area contributed by atoms with Gasteiger partial charge in [-0.1, -0.05) is 23.8 Å². The summed E-state index contributed by atoms with van der Waals surface area (Å²) in [6, 6.07) is 3.50. The van der Waals surface area contributed by atoms with Crippen molar-refractivity contribution >= 4 is 50.9 Å². The van der Waals surface area contributed by atoms with E-state index in [1.165, 1.54) is 0 Å². The first-order valence-electron chi connectivity index (χ1n) is 9.16. The zero-order valence-electron chi connectivity index (χ0n) is 14.6. The van der Waals surface area contributed by atoms with Crippen molar-refractivity contribution in [3.8, 4) is 0 Å². The molecule has 1 N–H and O–H groups in total. The molecule has 1 heterocycles. The molecule has 1 saturated heterocycles. The summed E-state index contributed by atoms with van der Waals surface area (Å²) in [7, 11) is 0. The van der Waals surface area contributed by atoms with E-state index in [1.807, 2.05) is 0 Å². The predicted octanol–water partition coefficient (Wildman–Crippen LogP) is 3.40. The van der Waals surface area contributed by atoms with Gasteiger partial charge in [-0.2, -0.15) is 0 Å². The largest absolute Gasteiger partial charge is 0.324 e. The van der Waals surface area contributed by atoms with E-state index in [4.69, 9.17) is 11.6 Å². The van der Waals surface area contributed by atoms with E-state index in [2.05, 4.69) is 33.4 Å². The molecule has 27 heavy (non-hydrogen) atoms. The Morgan fingerprint density at radius 3 is 2.37 bits per heavy atom. The molecule has 1 aliphatic heterocycles. The lowest BCUT2D eigenvalue weighted by Gasteiger charge is -2.37. The van der Waals surface area contributed by atoms with Crippen molar-refractivity contribution in [3.63, 3.8) is 0 Å². The van der Waals surface area contributed by atoms with Crippen LogP contribution in [0.15, 0.2) is 28.8 Å². The molecule has 7 heteroatoms. The number of nitrogens with one attached hydrogen (secondary N) is 1. The van der Waals surface area contributed by atoms with Gasteiger partial charge < -0.3 is 5.32 Å². The molecule has 1 aromatic rings. The summed E-state index contributed by atoms with van der Waals surface area (Å²) in [5.41, 5.74) is 1.31. The monoisotopic (exact) mass is 448 g/mol. The number of anilines is 1. The van der Waals surface area contributed by atoms with Gasteiger partial charge >= 0.3 is 0 Å². The van der Waals surface area contributed by atoms with E-state index in [1.54, 1.807) is 19.1 Å². The van der Waals surface area contributed by atoms with Crippen LogP contribution < -0.4 is 5.32 Å². The lowest BCUT2D eigenvalue weighted by Crippen LogP contribution is -2.40. The molecule has 5 nitrogen and oxygen atoms in total. The molecule has 0 radical (unpaired) electrons. The van der Waals surface area contributed by atoms with E-state index in [0.29, 0.717) is 22.5 Å². The van der Waals surface area contributed by atoms with Crippen LogP contribution in [0.25, 0.3) is 0 Å². The second-order valence-corrected chi connectivity index (χ2v) is 9.23. The van der Waals surface area contributed by atoms with Crippen LogP contribution in [-0.4, -0.2) is 29.2 Å². The quantitative estimate of drug-likeness (QED) is 0.568. The molecule has 0 aromatic heterocycles. The summed E-state index contributed by atoms with van der Waals surface area (Å²) < 4.78 is 0.746. The average molecular weight is 450 g/mol. The van der Waals surface area contributed by atoms with Crippen LogP contribution in [0.3, 0.4) is 0 Å². The maximum atomic E-state index is 12.9. The first-order valence-corrected chi connectivity index (χ1v) is 10.3. The van der Waals surface area contributed by atoms with Crippen molar-refractivity contribution in [1.29, 1.82) is 0 Å². The summed E-state index contributed by atoms with van der Waals surface area (Å²) in [5.74, 6) is 0.150. The van der Waals surface area contributed by atoms with Gasteiger partial charge in [-0.15, -0.1) is 0 Å². The number of amides is 3. The maximum absolute atomic E-state index is 12.9. The normalized spacial score (nSPS) is 35.3. The number of hydrogen-bond donors (Lipinski definition) is 1. The van der Waals surface area contributed by atoms with Crippen molar-refractivity contribution < 1.29 is 14.4 Å².